The summed E-state index contributed by atoms with van der Waals surface area (Å²) in [6.45, 7) is 3.88. The number of Topliss-reactive ketones (excluding diaryl/α,β-unsaturated/α-hetero) is 1. The van der Waals surface area contributed by atoms with Crippen LogP contribution in [0.4, 0.5) is 5.69 Å². The van der Waals surface area contributed by atoms with E-state index in [0.29, 0.717) is 22.6 Å². The van der Waals surface area contributed by atoms with Crippen molar-refractivity contribution in [1.29, 1.82) is 0 Å². The maximum atomic E-state index is 13.2. The molecule has 1 aliphatic heterocycles. The van der Waals surface area contributed by atoms with Crippen LogP contribution in [0.5, 0.6) is 5.75 Å². The zero-order valence-corrected chi connectivity index (χ0v) is 17.6. The van der Waals surface area contributed by atoms with Gasteiger partial charge in [0.25, 0.3) is 11.7 Å². The zero-order valence-electron chi connectivity index (χ0n) is 17.6. The second-order valence-corrected chi connectivity index (χ2v) is 7.60. The smallest absolute Gasteiger partial charge is 0.300 e. The van der Waals surface area contributed by atoms with Crippen molar-refractivity contribution in [1.82, 2.24) is 0 Å². The zero-order chi connectivity index (χ0) is 22.1. The highest BCUT2D eigenvalue weighted by Gasteiger charge is 2.47. The van der Waals surface area contributed by atoms with Gasteiger partial charge >= 0.3 is 0 Å². The molecule has 0 aromatic heterocycles. The molecule has 31 heavy (non-hydrogen) atoms. The molecule has 156 valence electrons. The Morgan fingerprint density at radius 1 is 0.935 bits per heavy atom. The van der Waals surface area contributed by atoms with E-state index in [1.807, 2.05) is 44.2 Å². The molecule has 1 atom stereocenters. The molecule has 1 amide bonds. The molecule has 1 saturated heterocycles. The predicted octanol–water partition coefficient (Wildman–Crippen LogP) is 4.94. The summed E-state index contributed by atoms with van der Waals surface area (Å²) in [7, 11) is 1.56. The average Bonchev–Trinajstić information content (AvgIpc) is 3.04. The summed E-state index contributed by atoms with van der Waals surface area (Å²) < 4.78 is 5.36. The number of nitrogens with zero attached hydrogens (tertiary/aromatic N) is 1. The summed E-state index contributed by atoms with van der Waals surface area (Å²) in [5, 5.41) is 11.1. The van der Waals surface area contributed by atoms with Gasteiger partial charge in [-0.05, 0) is 43.2 Å². The van der Waals surface area contributed by atoms with Gasteiger partial charge in [-0.2, -0.15) is 0 Å². The second kappa shape index (κ2) is 8.11. The first-order valence-corrected chi connectivity index (χ1v) is 10.00. The van der Waals surface area contributed by atoms with Gasteiger partial charge in [-0.15, -0.1) is 0 Å². The molecular weight excluding hydrogens is 390 g/mol. The molecule has 1 fully saturated rings. The standard InChI is InChI=1S/C26H23NO4/c1-16-12-13-21(17(2)14-16)27-23(19-10-7-11-20(15-19)31-3)22(25(29)26(27)30)24(28)18-8-5-4-6-9-18/h4-15,23,28H,1-3H3/b24-22+. The third-order valence-corrected chi connectivity index (χ3v) is 5.51. The fourth-order valence-corrected chi connectivity index (χ4v) is 4.04. The first-order valence-electron chi connectivity index (χ1n) is 10.00. The SMILES string of the molecule is COc1cccc(C2/C(=C(\O)c3ccccc3)C(=O)C(=O)N2c2ccc(C)cc2C)c1. The number of hydrogen-bond acceptors (Lipinski definition) is 4. The van der Waals surface area contributed by atoms with Crippen molar-refractivity contribution >= 4 is 23.1 Å². The van der Waals surface area contributed by atoms with Gasteiger partial charge in [-0.25, -0.2) is 0 Å². The number of rotatable bonds is 4. The second-order valence-electron chi connectivity index (χ2n) is 7.60. The van der Waals surface area contributed by atoms with Crippen molar-refractivity contribution in [3.8, 4) is 5.75 Å². The van der Waals surface area contributed by atoms with E-state index in [1.54, 1.807) is 49.6 Å². The Bertz CT molecular complexity index is 1200. The van der Waals surface area contributed by atoms with Crippen LogP contribution in [-0.4, -0.2) is 23.9 Å². The normalized spacial score (nSPS) is 17.8. The summed E-state index contributed by atoms with van der Waals surface area (Å²) in [5.74, 6) is -0.978. The van der Waals surface area contributed by atoms with Crippen LogP contribution in [0.3, 0.4) is 0 Å². The van der Waals surface area contributed by atoms with Crippen molar-refractivity contribution in [3.05, 3.63) is 101 Å². The summed E-state index contributed by atoms with van der Waals surface area (Å²) >= 11 is 0. The molecule has 0 saturated carbocycles. The summed E-state index contributed by atoms with van der Waals surface area (Å²) in [6.07, 6.45) is 0. The van der Waals surface area contributed by atoms with Crippen LogP contribution in [0.25, 0.3) is 5.76 Å². The summed E-state index contributed by atoms with van der Waals surface area (Å²) in [4.78, 5) is 27.9. The number of ketones is 1. The first kappa shape index (κ1) is 20.4. The molecule has 0 radical (unpaired) electrons. The fraction of sp³-hybridized carbons (Fsp3) is 0.154. The Labute approximate surface area is 181 Å². The van der Waals surface area contributed by atoms with Gasteiger partial charge < -0.3 is 9.84 Å². The highest BCUT2D eigenvalue weighted by Crippen LogP contribution is 2.43. The lowest BCUT2D eigenvalue weighted by Gasteiger charge is -2.27. The molecule has 3 aromatic carbocycles. The monoisotopic (exact) mass is 413 g/mol. The van der Waals surface area contributed by atoms with E-state index in [2.05, 4.69) is 0 Å². The molecule has 1 N–H and O–H groups in total. The molecule has 1 aliphatic rings. The Kier molecular flexibility index (Phi) is 5.34. The van der Waals surface area contributed by atoms with Gasteiger partial charge in [0, 0.05) is 11.3 Å². The van der Waals surface area contributed by atoms with Crippen LogP contribution in [0.15, 0.2) is 78.4 Å². The number of aryl methyl sites for hydroxylation is 2. The Morgan fingerprint density at radius 3 is 2.35 bits per heavy atom. The van der Waals surface area contributed by atoms with E-state index in [-0.39, 0.29) is 11.3 Å². The minimum Gasteiger partial charge on any atom is -0.507 e. The van der Waals surface area contributed by atoms with E-state index in [1.165, 1.54) is 4.90 Å². The van der Waals surface area contributed by atoms with Gasteiger partial charge in [0.05, 0.1) is 18.7 Å². The topological polar surface area (TPSA) is 66.8 Å². The van der Waals surface area contributed by atoms with Crippen LogP contribution in [0.1, 0.15) is 28.3 Å². The third-order valence-electron chi connectivity index (χ3n) is 5.51. The number of carbonyl (C=O) groups is 2. The molecule has 5 nitrogen and oxygen atoms in total. The van der Waals surface area contributed by atoms with Gasteiger partial charge in [-0.1, -0.05) is 60.2 Å². The average molecular weight is 413 g/mol. The van der Waals surface area contributed by atoms with Crippen molar-refractivity contribution in [2.24, 2.45) is 0 Å². The molecule has 1 heterocycles. The fourth-order valence-electron chi connectivity index (χ4n) is 4.04. The number of amides is 1. The lowest BCUT2D eigenvalue weighted by molar-refractivity contribution is -0.132. The van der Waals surface area contributed by atoms with Crippen molar-refractivity contribution in [2.45, 2.75) is 19.9 Å². The maximum absolute atomic E-state index is 13.2. The number of anilines is 1. The Balaban J connectivity index is 1.98. The number of methoxy groups -OCH3 is 1. The van der Waals surface area contributed by atoms with Crippen LogP contribution >= 0.6 is 0 Å². The lowest BCUT2D eigenvalue weighted by Crippen LogP contribution is -2.30. The predicted molar refractivity (Wildman–Crippen MR) is 120 cm³/mol. The van der Waals surface area contributed by atoms with E-state index in [9.17, 15) is 14.7 Å². The van der Waals surface area contributed by atoms with E-state index in [0.717, 1.165) is 11.1 Å². The number of carbonyl (C=O) groups excluding carboxylic acids is 2. The highest BCUT2D eigenvalue weighted by atomic mass is 16.5. The molecule has 0 bridgehead atoms. The van der Waals surface area contributed by atoms with Crippen molar-refractivity contribution in [3.63, 3.8) is 0 Å². The van der Waals surface area contributed by atoms with Gasteiger partial charge in [0.2, 0.25) is 0 Å². The molecule has 0 aliphatic carbocycles. The van der Waals surface area contributed by atoms with Crippen LogP contribution < -0.4 is 9.64 Å². The largest absolute Gasteiger partial charge is 0.507 e. The molecule has 5 heteroatoms. The molecule has 0 spiro atoms. The third kappa shape index (κ3) is 3.59. The Hall–Kier alpha value is -3.86. The quantitative estimate of drug-likeness (QED) is 0.374. The molecule has 1 unspecified atom stereocenters. The van der Waals surface area contributed by atoms with Gasteiger partial charge in [0.1, 0.15) is 11.5 Å². The lowest BCUT2D eigenvalue weighted by atomic mass is 9.94. The van der Waals surface area contributed by atoms with E-state index < -0.39 is 17.7 Å². The number of aliphatic hydroxyl groups is 1. The van der Waals surface area contributed by atoms with Crippen LogP contribution in [0.2, 0.25) is 0 Å². The summed E-state index contributed by atoms with van der Waals surface area (Å²) in [6, 6.07) is 20.9. The van der Waals surface area contributed by atoms with Gasteiger partial charge in [-0.3, -0.25) is 14.5 Å². The van der Waals surface area contributed by atoms with Crippen molar-refractivity contribution < 1.29 is 19.4 Å². The number of aliphatic hydroxyl groups excluding tert-OH is 1. The van der Waals surface area contributed by atoms with Gasteiger partial charge in [0.15, 0.2) is 0 Å². The summed E-state index contributed by atoms with van der Waals surface area (Å²) in [5.41, 5.74) is 3.77. The van der Waals surface area contributed by atoms with E-state index >= 15 is 0 Å². The molecular formula is C26H23NO4. The molecule has 3 aromatic rings. The minimum atomic E-state index is -0.781. The number of ether oxygens (including phenoxy) is 1. The minimum absolute atomic E-state index is 0.0597. The number of benzene rings is 3. The van der Waals surface area contributed by atoms with Crippen molar-refractivity contribution in [2.75, 3.05) is 12.0 Å². The molecule has 4 rings (SSSR count). The first-order chi connectivity index (χ1) is 14.9. The van der Waals surface area contributed by atoms with Crippen LogP contribution in [0, 0.1) is 13.8 Å². The number of hydrogen-bond donors (Lipinski definition) is 1. The van der Waals surface area contributed by atoms with Crippen LogP contribution in [-0.2, 0) is 9.59 Å². The maximum Gasteiger partial charge on any atom is 0.300 e. The van der Waals surface area contributed by atoms with E-state index in [4.69, 9.17) is 4.74 Å². The highest BCUT2D eigenvalue weighted by molar-refractivity contribution is 6.51. The Morgan fingerprint density at radius 2 is 1.68 bits per heavy atom.